The van der Waals surface area contributed by atoms with Crippen molar-refractivity contribution in [3.8, 4) is 0 Å². The predicted octanol–water partition coefficient (Wildman–Crippen LogP) is 2.52. The van der Waals surface area contributed by atoms with Gasteiger partial charge in [-0.15, -0.1) is 0 Å². The van der Waals surface area contributed by atoms with Crippen molar-refractivity contribution in [1.29, 1.82) is 0 Å². The highest BCUT2D eigenvalue weighted by Gasteiger charge is 2.31. The van der Waals surface area contributed by atoms with Crippen LogP contribution in [-0.2, 0) is 6.18 Å². The molecule has 1 atom stereocenters. The fraction of sp³-hybridized carbons (Fsp3) is 0.364. The molecular formula is C11H12F3N3. The summed E-state index contributed by atoms with van der Waals surface area (Å²) in [6.45, 7) is 2.47. The van der Waals surface area contributed by atoms with Crippen LogP contribution in [0.15, 0.2) is 23.2 Å². The molecule has 0 radical (unpaired) electrons. The fourth-order valence-electron chi connectivity index (χ4n) is 1.71. The van der Waals surface area contributed by atoms with Gasteiger partial charge in [0.25, 0.3) is 0 Å². The lowest BCUT2D eigenvalue weighted by atomic mass is 10.1. The summed E-state index contributed by atoms with van der Waals surface area (Å²) in [5, 5.41) is 0. The first-order chi connectivity index (χ1) is 7.86. The lowest BCUT2D eigenvalue weighted by Crippen LogP contribution is -2.22. The standard InChI is InChI=1S/C11H12F3N3/c1-7-5-17(6-16-7)10-3-8(11(12,13)14)2-9(15)4-10/h2-4,6-7H,5,15H2,1H3. The number of nitrogens with two attached hydrogens (primary N) is 1. The summed E-state index contributed by atoms with van der Waals surface area (Å²) < 4.78 is 37.8. The molecule has 0 amide bonds. The van der Waals surface area contributed by atoms with Gasteiger partial charge in [0, 0.05) is 17.9 Å². The van der Waals surface area contributed by atoms with Crippen LogP contribution in [-0.4, -0.2) is 18.9 Å². The van der Waals surface area contributed by atoms with Gasteiger partial charge in [0.05, 0.1) is 17.9 Å². The van der Waals surface area contributed by atoms with Crippen molar-refractivity contribution in [3.63, 3.8) is 0 Å². The molecule has 1 heterocycles. The minimum Gasteiger partial charge on any atom is -0.399 e. The molecule has 17 heavy (non-hydrogen) atoms. The maximum absolute atomic E-state index is 12.6. The number of nitrogens with zero attached hydrogens (tertiary/aromatic N) is 2. The van der Waals surface area contributed by atoms with Crippen LogP contribution in [0.2, 0.25) is 0 Å². The van der Waals surface area contributed by atoms with Gasteiger partial charge >= 0.3 is 6.18 Å². The Bertz CT molecular complexity index is 454. The fourth-order valence-corrected chi connectivity index (χ4v) is 1.71. The van der Waals surface area contributed by atoms with Gasteiger partial charge in [0.15, 0.2) is 0 Å². The third-order valence-corrected chi connectivity index (χ3v) is 2.52. The Hall–Kier alpha value is -1.72. The van der Waals surface area contributed by atoms with Crippen LogP contribution in [0.5, 0.6) is 0 Å². The van der Waals surface area contributed by atoms with Gasteiger partial charge in [-0.3, -0.25) is 4.99 Å². The second-order valence-electron chi connectivity index (χ2n) is 4.08. The molecule has 0 fully saturated rings. The number of hydrogen-bond donors (Lipinski definition) is 1. The summed E-state index contributed by atoms with van der Waals surface area (Å²) in [7, 11) is 0. The largest absolute Gasteiger partial charge is 0.416 e. The first-order valence-corrected chi connectivity index (χ1v) is 5.14. The summed E-state index contributed by atoms with van der Waals surface area (Å²) in [6.07, 6.45) is -2.84. The first-order valence-electron chi connectivity index (χ1n) is 5.14. The molecule has 1 aliphatic rings. The van der Waals surface area contributed by atoms with Gasteiger partial charge in [-0.05, 0) is 25.1 Å². The van der Waals surface area contributed by atoms with Crippen molar-refractivity contribution in [2.75, 3.05) is 17.2 Å². The Morgan fingerprint density at radius 1 is 1.35 bits per heavy atom. The Morgan fingerprint density at radius 3 is 2.59 bits per heavy atom. The number of rotatable bonds is 1. The SMILES string of the molecule is CC1CN(c2cc(N)cc(C(F)(F)F)c2)C=N1. The highest BCUT2D eigenvalue weighted by atomic mass is 19.4. The van der Waals surface area contributed by atoms with E-state index < -0.39 is 11.7 Å². The molecule has 1 unspecified atom stereocenters. The molecule has 0 aromatic heterocycles. The van der Waals surface area contributed by atoms with E-state index in [-0.39, 0.29) is 11.7 Å². The number of alkyl halides is 3. The van der Waals surface area contributed by atoms with Crippen LogP contribution in [0, 0.1) is 0 Å². The van der Waals surface area contributed by atoms with Crippen molar-refractivity contribution in [1.82, 2.24) is 0 Å². The van der Waals surface area contributed by atoms with Crippen LogP contribution in [0.1, 0.15) is 12.5 Å². The average Bonchev–Trinajstić information content (AvgIpc) is 2.62. The Balaban J connectivity index is 2.36. The molecule has 0 aliphatic carbocycles. The second-order valence-corrected chi connectivity index (χ2v) is 4.08. The summed E-state index contributed by atoms with van der Waals surface area (Å²) >= 11 is 0. The number of aliphatic imine (C=N–C) groups is 1. The number of nitrogen functional groups attached to an aromatic ring is 1. The predicted molar refractivity (Wildman–Crippen MR) is 61.2 cm³/mol. The second kappa shape index (κ2) is 3.94. The van der Waals surface area contributed by atoms with Crippen molar-refractivity contribution >= 4 is 17.7 Å². The highest BCUT2D eigenvalue weighted by molar-refractivity contribution is 5.82. The van der Waals surface area contributed by atoms with Gasteiger partial charge < -0.3 is 10.6 Å². The molecular weight excluding hydrogens is 231 g/mol. The van der Waals surface area contributed by atoms with Crippen LogP contribution in [0.4, 0.5) is 24.5 Å². The Kier molecular flexibility index (Phi) is 2.73. The molecule has 1 aliphatic heterocycles. The number of benzene rings is 1. The van der Waals surface area contributed by atoms with E-state index in [9.17, 15) is 13.2 Å². The van der Waals surface area contributed by atoms with Gasteiger partial charge in [0.2, 0.25) is 0 Å². The minimum atomic E-state index is -4.38. The maximum Gasteiger partial charge on any atom is 0.416 e. The van der Waals surface area contributed by atoms with Crippen LogP contribution < -0.4 is 10.6 Å². The van der Waals surface area contributed by atoms with Crippen molar-refractivity contribution < 1.29 is 13.2 Å². The maximum atomic E-state index is 12.6. The normalized spacial score (nSPS) is 20.0. The van der Waals surface area contributed by atoms with Gasteiger partial charge in [0.1, 0.15) is 0 Å². The van der Waals surface area contributed by atoms with Crippen LogP contribution >= 0.6 is 0 Å². The number of halogens is 3. The average molecular weight is 243 g/mol. The van der Waals surface area contributed by atoms with Gasteiger partial charge in [-0.2, -0.15) is 13.2 Å². The lowest BCUT2D eigenvalue weighted by molar-refractivity contribution is -0.137. The molecule has 2 N–H and O–H groups in total. The van der Waals surface area contributed by atoms with Crippen LogP contribution in [0.3, 0.4) is 0 Å². The van der Waals surface area contributed by atoms with Gasteiger partial charge in [-0.25, -0.2) is 0 Å². The van der Waals surface area contributed by atoms with E-state index in [1.807, 2.05) is 6.92 Å². The zero-order valence-corrected chi connectivity index (χ0v) is 9.20. The minimum absolute atomic E-state index is 0.0887. The summed E-state index contributed by atoms with van der Waals surface area (Å²) in [5.41, 5.74) is 5.27. The third-order valence-electron chi connectivity index (χ3n) is 2.52. The van der Waals surface area contributed by atoms with Crippen molar-refractivity contribution in [3.05, 3.63) is 23.8 Å². The molecule has 0 saturated carbocycles. The van der Waals surface area contributed by atoms with Crippen molar-refractivity contribution in [2.24, 2.45) is 4.99 Å². The molecule has 1 aromatic carbocycles. The summed E-state index contributed by atoms with van der Waals surface area (Å²) in [5.74, 6) is 0. The molecule has 0 bridgehead atoms. The molecule has 6 heteroatoms. The van der Waals surface area contributed by atoms with Crippen LogP contribution in [0.25, 0.3) is 0 Å². The molecule has 0 saturated heterocycles. The number of hydrogen-bond acceptors (Lipinski definition) is 3. The van der Waals surface area contributed by atoms with Crippen molar-refractivity contribution in [2.45, 2.75) is 19.1 Å². The third kappa shape index (κ3) is 2.51. The summed E-state index contributed by atoms with van der Waals surface area (Å²) in [4.78, 5) is 5.76. The van der Waals surface area contributed by atoms with E-state index in [1.54, 1.807) is 11.2 Å². The highest BCUT2D eigenvalue weighted by Crippen LogP contribution is 2.33. The Morgan fingerprint density at radius 2 is 2.06 bits per heavy atom. The lowest BCUT2D eigenvalue weighted by Gasteiger charge is -2.18. The number of anilines is 2. The Labute approximate surface area is 96.7 Å². The van der Waals surface area contributed by atoms with E-state index >= 15 is 0 Å². The van der Waals surface area contributed by atoms with Gasteiger partial charge in [-0.1, -0.05) is 0 Å². The zero-order chi connectivity index (χ0) is 12.6. The van der Waals surface area contributed by atoms with E-state index in [0.717, 1.165) is 12.1 Å². The first kappa shape index (κ1) is 11.8. The van der Waals surface area contributed by atoms with E-state index in [4.69, 9.17) is 5.73 Å². The molecule has 3 nitrogen and oxygen atoms in total. The van der Waals surface area contributed by atoms with E-state index in [1.165, 1.54) is 6.07 Å². The topological polar surface area (TPSA) is 41.6 Å². The monoisotopic (exact) mass is 243 g/mol. The van der Waals surface area contributed by atoms with E-state index in [0.29, 0.717) is 12.2 Å². The zero-order valence-electron chi connectivity index (χ0n) is 9.20. The molecule has 1 aromatic rings. The summed E-state index contributed by atoms with van der Waals surface area (Å²) in [6, 6.07) is 3.62. The quantitative estimate of drug-likeness (QED) is 0.770. The molecule has 2 rings (SSSR count). The molecule has 0 spiro atoms. The molecule has 92 valence electrons. The smallest absolute Gasteiger partial charge is 0.399 e. The van der Waals surface area contributed by atoms with E-state index in [2.05, 4.69) is 4.99 Å².